The van der Waals surface area contributed by atoms with Gasteiger partial charge in [0.25, 0.3) is 0 Å². The third-order valence-corrected chi connectivity index (χ3v) is 5.47. The Balaban J connectivity index is 2.19. The largest absolute Gasteiger partial charge is 0.342 e. The van der Waals surface area contributed by atoms with Crippen LogP contribution in [-0.4, -0.2) is 28.8 Å². The minimum atomic E-state index is -0.413. The second-order valence-electron chi connectivity index (χ2n) is 5.22. The maximum atomic E-state index is 12.6. The molecular weight excluding hydrogens is 340 g/mol. The standard InChI is InChI=1S/C14H19BrN2O2S/c1-4-8(2)12-14(19)17(9(3)13(18)16-12)7-10-5-6-11(15)20-10/h5-6,8-9,12H,4,7H2,1-3H3,(H,16,18). The predicted molar refractivity (Wildman–Crippen MR) is 83.4 cm³/mol. The Kier molecular flexibility index (Phi) is 4.86. The molecule has 4 nitrogen and oxygen atoms in total. The Morgan fingerprint density at radius 3 is 2.70 bits per heavy atom. The van der Waals surface area contributed by atoms with Crippen molar-refractivity contribution in [2.75, 3.05) is 0 Å². The number of carbonyl (C=O) groups is 2. The number of halogens is 1. The van der Waals surface area contributed by atoms with Gasteiger partial charge in [-0.05, 0) is 40.9 Å². The van der Waals surface area contributed by atoms with Crippen LogP contribution >= 0.6 is 27.3 Å². The summed E-state index contributed by atoms with van der Waals surface area (Å²) in [7, 11) is 0. The van der Waals surface area contributed by atoms with E-state index >= 15 is 0 Å². The average molecular weight is 359 g/mol. The van der Waals surface area contributed by atoms with E-state index < -0.39 is 12.1 Å². The molecule has 2 amide bonds. The molecule has 1 aliphatic rings. The van der Waals surface area contributed by atoms with E-state index in [1.807, 2.05) is 26.0 Å². The summed E-state index contributed by atoms with van der Waals surface area (Å²) in [4.78, 5) is 27.4. The molecule has 1 saturated heterocycles. The lowest BCUT2D eigenvalue weighted by Crippen LogP contribution is -2.63. The first-order valence-corrected chi connectivity index (χ1v) is 8.40. The first-order valence-electron chi connectivity index (χ1n) is 6.79. The lowest BCUT2D eigenvalue weighted by molar-refractivity contribution is -0.150. The highest BCUT2D eigenvalue weighted by atomic mass is 79.9. The van der Waals surface area contributed by atoms with Gasteiger partial charge in [-0.25, -0.2) is 0 Å². The lowest BCUT2D eigenvalue weighted by atomic mass is 9.94. The minimum absolute atomic E-state index is 0.0240. The topological polar surface area (TPSA) is 49.4 Å². The minimum Gasteiger partial charge on any atom is -0.342 e. The fourth-order valence-corrected chi connectivity index (χ4v) is 3.77. The van der Waals surface area contributed by atoms with Crippen molar-refractivity contribution >= 4 is 39.1 Å². The Bertz CT molecular complexity index is 517. The van der Waals surface area contributed by atoms with Crippen molar-refractivity contribution in [3.8, 4) is 0 Å². The quantitative estimate of drug-likeness (QED) is 0.899. The van der Waals surface area contributed by atoms with Gasteiger partial charge in [0.05, 0.1) is 10.3 Å². The molecule has 6 heteroatoms. The van der Waals surface area contributed by atoms with Gasteiger partial charge in [-0.1, -0.05) is 20.3 Å². The molecule has 20 heavy (non-hydrogen) atoms. The van der Waals surface area contributed by atoms with E-state index in [9.17, 15) is 9.59 Å². The van der Waals surface area contributed by atoms with Crippen LogP contribution in [0, 0.1) is 5.92 Å². The van der Waals surface area contributed by atoms with Gasteiger partial charge < -0.3 is 10.2 Å². The van der Waals surface area contributed by atoms with Gasteiger partial charge >= 0.3 is 0 Å². The number of nitrogens with zero attached hydrogens (tertiary/aromatic N) is 1. The number of amides is 2. The summed E-state index contributed by atoms with van der Waals surface area (Å²) < 4.78 is 1.03. The summed E-state index contributed by atoms with van der Waals surface area (Å²) >= 11 is 5.01. The van der Waals surface area contributed by atoms with Crippen molar-refractivity contribution in [1.82, 2.24) is 10.2 Å². The number of piperazine rings is 1. The van der Waals surface area contributed by atoms with Crippen LogP contribution < -0.4 is 5.32 Å². The first kappa shape index (κ1) is 15.5. The molecule has 1 N–H and O–H groups in total. The van der Waals surface area contributed by atoms with Crippen molar-refractivity contribution in [2.24, 2.45) is 5.92 Å². The van der Waals surface area contributed by atoms with Crippen LogP contribution in [0.3, 0.4) is 0 Å². The van der Waals surface area contributed by atoms with Gasteiger partial charge in [0, 0.05) is 4.88 Å². The molecule has 0 saturated carbocycles. The smallest absolute Gasteiger partial charge is 0.246 e. The predicted octanol–water partition coefficient (Wildman–Crippen LogP) is 2.77. The normalized spacial score (nSPS) is 24.7. The molecule has 1 aromatic rings. The molecule has 0 bridgehead atoms. The monoisotopic (exact) mass is 358 g/mol. The zero-order chi connectivity index (χ0) is 14.9. The zero-order valence-electron chi connectivity index (χ0n) is 11.9. The first-order chi connectivity index (χ1) is 9.43. The van der Waals surface area contributed by atoms with Gasteiger partial charge in [-0.15, -0.1) is 11.3 Å². The van der Waals surface area contributed by atoms with Gasteiger partial charge in [0.1, 0.15) is 12.1 Å². The molecule has 3 unspecified atom stereocenters. The molecule has 0 aromatic carbocycles. The Labute approximate surface area is 131 Å². The molecule has 110 valence electrons. The fourth-order valence-electron chi connectivity index (χ4n) is 2.29. The second-order valence-corrected chi connectivity index (χ2v) is 7.77. The summed E-state index contributed by atoms with van der Waals surface area (Å²) in [6.07, 6.45) is 0.865. The summed E-state index contributed by atoms with van der Waals surface area (Å²) in [6.45, 7) is 6.31. The SMILES string of the molecule is CCC(C)C1NC(=O)C(C)N(Cc2ccc(Br)s2)C1=O. The average Bonchev–Trinajstić information content (AvgIpc) is 2.83. The molecule has 1 aliphatic heterocycles. The van der Waals surface area contributed by atoms with E-state index in [2.05, 4.69) is 21.2 Å². The van der Waals surface area contributed by atoms with Crippen LogP contribution in [0.5, 0.6) is 0 Å². The second kappa shape index (κ2) is 6.26. The van der Waals surface area contributed by atoms with Crippen LogP contribution in [0.1, 0.15) is 32.1 Å². The van der Waals surface area contributed by atoms with E-state index in [-0.39, 0.29) is 17.7 Å². The van der Waals surface area contributed by atoms with E-state index in [4.69, 9.17) is 0 Å². The number of carbonyl (C=O) groups excluding carboxylic acids is 2. The summed E-state index contributed by atoms with van der Waals surface area (Å²) in [5.41, 5.74) is 0. The van der Waals surface area contributed by atoms with Crippen molar-refractivity contribution in [1.29, 1.82) is 0 Å². The highest BCUT2D eigenvalue weighted by molar-refractivity contribution is 9.11. The van der Waals surface area contributed by atoms with Crippen LogP contribution in [0.15, 0.2) is 15.9 Å². The van der Waals surface area contributed by atoms with Crippen molar-refractivity contribution in [3.05, 3.63) is 20.8 Å². The number of nitrogens with one attached hydrogen (secondary N) is 1. The number of hydrogen-bond acceptors (Lipinski definition) is 3. The summed E-state index contributed by atoms with van der Waals surface area (Å²) in [5, 5.41) is 2.85. The number of hydrogen-bond donors (Lipinski definition) is 1. The molecule has 1 aromatic heterocycles. The van der Waals surface area contributed by atoms with Gasteiger partial charge in [-0.2, -0.15) is 0 Å². The molecule has 0 radical (unpaired) electrons. The third-order valence-electron chi connectivity index (χ3n) is 3.86. The third kappa shape index (κ3) is 3.06. The Morgan fingerprint density at radius 1 is 1.45 bits per heavy atom. The number of rotatable bonds is 4. The summed E-state index contributed by atoms with van der Waals surface area (Å²) in [5.74, 6) is 0.109. The molecule has 0 spiro atoms. The van der Waals surface area contributed by atoms with Gasteiger partial charge in [0.15, 0.2) is 0 Å². The molecule has 2 rings (SSSR count). The van der Waals surface area contributed by atoms with Crippen molar-refractivity contribution < 1.29 is 9.59 Å². The van der Waals surface area contributed by atoms with Crippen molar-refractivity contribution in [3.63, 3.8) is 0 Å². The van der Waals surface area contributed by atoms with Crippen LogP contribution in [-0.2, 0) is 16.1 Å². The zero-order valence-corrected chi connectivity index (χ0v) is 14.3. The van der Waals surface area contributed by atoms with E-state index in [1.54, 1.807) is 23.2 Å². The maximum absolute atomic E-state index is 12.6. The molecule has 3 atom stereocenters. The maximum Gasteiger partial charge on any atom is 0.246 e. The summed E-state index contributed by atoms with van der Waals surface area (Å²) in [6, 6.07) is 3.14. The molecule has 1 fully saturated rings. The van der Waals surface area contributed by atoms with Crippen molar-refractivity contribution in [2.45, 2.75) is 45.8 Å². The van der Waals surface area contributed by atoms with E-state index in [0.717, 1.165) is 15.1 Å². The number of thiophene rings is 1. The van der Waals surface area contributed by atoms with E-state index in [1.165, 1.54) is 0 Å². The van der Waals surface area contributed by atoms with Gasteiger partial charge in [-0.3, -0.25) is 9.59 Å². The Hall–Kier alpha value is -0.880. The van der Waals surface area contributed by atoms with Crippen LogP contribution in [0.4, 0.5) is 0 Å². The van der Waals surface area contributed by atoms with Crippen LogP contribution in [0.25, 0.3) is 0 Å². The van der Waals surface area contributed by atoms with Crippen LogP contribution in [0.2, 0.25) is 0 Å². The van der Waals surface area contributed by atoms with E-state index in [0.29, 0.717) is 6.54 Å². The highest BCUT2D eigenvalue weighted by Gasteiger charge is 2.40. The van der Waals surface area contributed by atoms with Gasteiger partial charge in [0.2, 0.25) is 11.8 Å². The molecular formula is C14H19BrN2O2S. The highest BCUT2D eigenvalue weighted by Crippen LogP contribution is 2.26. The lowest BCUT2D eigenvalue weighted by Gasteiger charge is -2.39. The molecule has 2 heterocycles. The fraction of sp³-hybridized carbons (Fsp3) is 0.571. The Morgan fingerprint density at radius 2 is 2.15 bits per heavy atom. The molecule has 0 aliphatic carbocycles.